The zero-order valence-electron chi connectivity index (χ0n) is 15.8. The van der Waals surface area contributed by atoms with Crippen LogP contribution in [0.15, 0.2) is 54.6 Å². The van der Waals surface area contributed by atoms with Gasteiger partial charge in [0.2, 0.25) is 10.0 Å². The first kappa shape index (κ1) is 23.2. The largest absolute Gasteiger partial charge is 0.330 e. The summed E-state index contributed by atoms with van der Waals surface area (Å²) in [4.78, 5) is 0. The molecule has 0 aliphatic heterocycles. The lowest BCUT2D eigenvalue weighted by atomic mass is 9.67. The average molecular weight is 443 g/mol. The Morgan fingerprint density at radius 1 is 1.07 bits per heavy atom. The summed E-state index contributed by atoms with van der Waals surface area (Å²) in [7, 11) is -3.30. The van der Waals surface area contributed by atoms with Crippen molar-refractivity contribution in [1.29, 1.82) is 0 Å². The Morgan fingerprint density at radius 3 is 2.36 bits per heavy atom. The Labute approximate surface area is 179 Å². The monoisotopic (exact) mass is 442 g/mol. The van der Waals surface area contributed by atoms with Crippen LogP contribution in [0.2, 0.25) is 5.02 Å². The van der Waals surface area contributed by atoms with Crippen LogP contribution in [0.5, 0.6) is 0 Å². The van der Waals surface area contributed by atoms with E-state index in [9.17, 15) is 8.42 Å². The maximum Gasteiger partial charge on any atom is 0.212 e. The summed E-state index contributed by atoms with van der Waals surface area (Å²) in [6.45, 7) is 0.893. The Kier molecular flexibility index (Phi) is 8.34. The van der Waals surface area contributed by atoms with Crippen LogP contribution in [0, 0.1) is 5.92 Å². The van der Waals surface area contributed by atoms with Gasteiger partial charge in [-0.15, -0.1) is 12.4 Å². The van der Waals surface area contributed by atoms with Gasteiger partial charge in [-0.1, -0.05) is 54.1 Å². The minimum Gasteiger partial charge on any atom is -0.330 e. The SMILES string of the molecule is Cl.NCC1(c2cccc(Cl)c2)CCC(CS(=O)(=O)NCc2ccccc2)CC1. The third kappa shape index (κ3) is 5.94. The normalized spacial score (nSPS) is 22.4. The summed E-state index contributed by atoms with van der Waals surface area (Å²) in [6, 6.07) is 17.5. The summed E-state index contributed by atoms with van der Waals surface area (Å²) in [5, 5.41) is 0.718. The molecule has 2 aromatic carbocycles. The number of benzene rings is 2. The lowest BCUT2D eigenvalue weighted by Crippen LogP contribution is -2.41. The van der Waals surface area contributed by atoms with E-state index in [1.165, 1.54) is 5.56 Å². The van der Waals surface area contributed by atoms with Crippen LogP contribution in [0.3, 0.4) is 0 Å². The van der Waals surface area contributed by atoms with Crippen molar-refractivity contribution in [2.45, 2.75) is 37.6 Å². The van der Waals surface area contributed by atoms with Crippen molar-refractivity contribution in [1.82, 2.24) is 4.72 Å². The first-order chi connectivity index (χ1) is 12.9. The number of halogens is 2. The van der Waals surface area contributed by atoms with Gasteiger partial charge in [-0.3, -0.25) is 0 Å². The van der Waals surface area contributed by atoms with Gasteiger partial charge in [0.1, 0.15) is 0 Å². The van der Waals surface area contributed by atoms with Gasteiger partial charge in [-0.25, -0.2) is 13.1 Å². The second kappa shape index (κ2) is 10.1. The molecule has 0 amide bonds. The summed E-state index contributed by atoms with van der Waals surface area (Å²) in [5.74, 6) is 0.341. The van der Waals surface area contributed by atoms with Gasteiger partial charge in [0.25, 0.3) is 0 Å². The molecule has 0 bridgehead atoms. The predicted molar refractivity (Wildman–Crippen MR) is 118 cm³/mol. The van der Waals surface area contributed by atoms with Crippen molar-refractivity contribution in [3.8, 4) is 0 Å². The summed E-state index contributed by atoms with van der Waals surface area (Å²) in [6.07, 6.45) is 3.50. The van der Waals surface area contributed by atoms with Gasteiger partial charge in [-0.05, 0) is 54.9 Å². The molecule has 4 nitrogen and oxygen atoms in total. The predicted octanol–water partition coefficient (Wildman–Crippen LogP) is 4.27. The molecule has 0 aromatic heterocycles. The second-order valence-corrected chi connectivity index (χ2v) is 9.81. The molecule has 0 atom stereocenters. The van der Waals surface area contributed by atoms with E-state index in [4.69, 9.17) is 17.3 Å². The average Bonchev–Trinajstić information content (AvgIpc) is 2.68. The number of hydrogen-bond acceptors (Lipinski definition) is 3. The Morgan fingerprint density at radius 2 is 1.75 bits per heavy atom. The Balaban J connectivity index is 0.00000280. The highest BCUT2D eigenvalue weighted by Gasteiger charge is 2.37. The Bertz CT molecular complexity index is 852. The topological polar surface area (TPSA) is 72.2 Å². The molecule has 2 aromatic rings. The maximum absolute atomic E-state index is 12.5. The summed E-state index contributed by atoms with van der Waals surface area (Å²) < 4.78 is 27.7. The lowest BCUT2D eigenvalue weighted by Gasteiger charge is -2.40. The highest BCUT2D eigenvalue weighted by atomic mass is 35.5. The molecule has 3 N–H and O–H groups in total. The van der Waals surface area contributed by atoms with Crippen molar-refractivity contribution in [3.63, 3.8) is 0 Å². The highest BCUT2D eigenvalue weighted by Crippen LogP contribution is 2.41. The van der Waals surface area contributed by atoms with E-state index in [1.54, 1.807) is 0 Å². The first-order valence-electron chi connectivity index (χ1n) is 9.40. The number of nitrogens with two attached hydrogens (primary N) is 1. The quantitative estimate of drug-likeness (QED) is 0.672. The van der Waals surface area contributed by atoms with Gasteiger partial charge < -0.3 is 5.73 Å². The molecule has 1 fully saturated rings. The fourth-order valence-electron chi connectivity index (χ4n) is 3.98. The molecule has 0 spiro atoms. The smallest absolute Gasteiger partial charge is 0.212 e. The molecule has 0 radical (unpaired) electrons. The fourth-order valence-corrected chi connectivity index (χ4v) is 5.63. The van der Waals surface area contributed by atoms with E-state index >= 15 is 0 Å². The van der Waals surface area contributed by atoms with E-state index in [1.807, 2.05) is 48.5 Å². The van der Waals surface area contributed by atoms with Gasteiger partial charge in [0.15, 0.2) is 0 Å². The number of rotatable bonds is 7. The molecule has 154 valence electrons. The van der Waals surface area contributed by atoms with Crippen LogP contribution < -0.4 is 10.5 Å². The van der Waals surface area contributed by atoms with Crippen LogP contribution in [0.4, 0.5) is 0 Å². The molecule has 28 heavy (non-hydrogen) atoms. The number of nitrogens with one attached hydrogen (secondary N) is 1. The first-order valence-corrected chi connectivity index (χ1v) is 11.4. The number of sulfonamides is 1. The highest BCUT2D eigenvalue weighted by molar-refractivity contribution is 7.89. The molecule has 0 saturated heterocycles. The minimum absolute atomic E-state index is 0. The van der Waals surface area contributed by atoms with Crippen LogP contribution in [0.1, 0.15) is 36.8 Å². The molecule has 1 aliphatic carbocycles. The van der Waals surface area contributed by atoms with Gasteiger partial charge in [0, 0.05) is 23.5 Å². The van der Waals surface area contributed by atoms with Crippen molar-refractivity contribution < 1.29 is 8.42 Å². The second-order valence-electron chi connectivity index (χ2n) is 7.53. The van der Waals surface area contributed by atoms with E-state index < -0.39 is 10.0 Å². The molecule has 3 rings (SSSR count). The number of hydrogen-bond donors (Lipinski definition) is 2. The summed E-state index contributed by atoms with van der Waals surface area (Å²) >= 11 is 6.16. The molecule has 0 unspecified atom stereocenters. The third-order valence-electron chi connectivity index (χ3n) is 5.68. The molecule has 0 heterocycles. The lowest BCUT2D eigenvalue weighted by molar-refractivity contribution is 0.248. The standard InChI is InChI=1S/C21H27ClN2O2S.ClH/c22-20-8-4-7-19(13-20)21(16-23)11-9-18(10-12-21)15-27(25,26)24-14-17-5-2-1-3-6-17;/h1-8,13,18,24H,9-12,14-16,23H2;1H. The van der Waals surface area contributed by atoms with Crippen LogP contribution in [-0.2, 0) is 22.0 Å². The van der Waals surface area contributed by atoms with Crippen molar-refractivity contribution >= 4 is 34.0 Å². The van der Waals surface area contributed by atoms with Gasteiger partial charge in [0.05, 0.1) is 5.75 Å². The van der Waals surface area contributed by atoms with Crippen LogP contribution in [0.25, 0.3) is 0 Å². The van der Waals surface area contributed by atoms with E-state index in [-0.39, 0.29) is 29.5 Å². The van der Waals surface area contributed by atoms with Crippen molar-refractivity contribution in [2.24, 2.45) is 11.7 Å². The van der Waals surface area contributed by atoms with E-state index in [0.29, 0.717) is 13.1 Å². The molecular weight excluding hydrogens is 415 g/mol. The third-order valence-corrected chi connectivity index (χ3v) is 7.41. The van der Waals surface area contributed by atoms with Crippen molar-refractivity contribution in [3.05, 3.63) is 70.7 Å². The summed E-state index contributed by atoms with van der Waals surface area (Å²) in [5.41, 5.74) is 8.17. The zero-order valence-corrected chi connectivity index (χ0v) is 18.2. The molecule has 1 aliphatic rings. The Hall–Kier alpha value is -1.11. The molecular formula is C21H28Cl2N2O2S. The minimum atomic E-state index is -3.30. The molecule has 7 heteroatoms. The van der Waals surface area contributed by atoms with E-state index in [2.05, 4.69) is 10.8 Å². The van der Waals surface area contributed by atoms with Gasteiger partial charge in [-0.2, -0.15) is 0 Å². The fraction of sp³-hybridized carbons (Fsp3) is 0.429. The van der Waals surface area contributed by atoms with E-state index in [0.717, 1.165) is 36.3 Å². The van der Waals surface area contributed by atoms with Crippen LogP contribution >= 0.6 is 24.0 Å². The molecule has 1 saturated carbocycles. The maximum atomic E-state index is 12.5. The van der Waals surface area contributed by atoms with Crippen molar-refractivity contribution in [2.75, 3.05) is 12.3 Å². The zero-order chi connectivity index (χ0) is 19.3. The van der Waals surface area contributed by atoms with Crippen LogP contribution in [-0.4, -0.2) is 20.7 Å². The van der Waals surface area contributed by atoms with Gasteiger partial charge >= 0.3 is 0 Å².